The molecule has 0 amide bonds. The molecule has 1 N–H and O–H groups in total. The number of rotatable bonds is 4. The molecule has 3 nitrogen and oxygen atoms in total. The summed E-state index contributed by atoms with van der Waals surface area (Å²) in [5.74, 6) is 0.813. The fraction of sp³-hybridized carbons (Fsp3) is 0.538. The molecule has 0 saturated carbocycles. The number of benzene rings is 1. The molecule has 2 rings (SSSR count). The van der Waals surface area contributed by atoms with Crippen LogP contribution in [0, 0.1) is 0 Å². The average molecular weight is 253 g/mol. The van der Waals surface area contributed by atoms with Crippen LogP contribution in [0.25, 0.3) is 0 Å². The molecule has 0 radical (unpaired) electrons. The Bertz CT molecular complexity index is 482. The van der Waals surface area contributed by atoms with E-state index in [0.717, 1.165) is 25.8 Å². The lowest BCUT2D eigenvalue weighted by Gasteiger charge is -2.26. The zero-order chi connectivity index (χ0) is 12.3. The molecule has 0 bridgehead atoms. The van der Waals surface area contributed by atoms with E-state index < -0.39 is 9.84 Å². The second kappa shape index (κ2) is 5.08. The van der Waals surface area contributed by atoms with E-state index >= 15 is 0 Å². The number of sulfone groups is 1. The van der Waals surface area contributed by atoms with Crippen molar-refractivity contribution in [1.82, 2.24) is 0 Å². The van der Waals surface area contributed by atoms with Gasteiger partial charge in [-0.3, -0.25) is 0 Å². The number of para-hydroxylation sites is 1. The molecule has 0 saturated heterocycles. The fourth-order valence-electron chi connectivity index (χ4n) is 2.44. The Labute approximate surface area is 103 Å². The lowest BCUT2D eigenvalue weighted by molar-refractivity contribution is 0.560. The number of nitrogens with one attached hydrogen (secondary N) is 1. The molecule has 1 heterocycles. The summed E-state index contributed by atoms with van der Waals surface area (Å²) in [7, 11) is -2.82. The van der Waals surface area contributed by atoms with Crippen LogP contribution in [0.1, 0.15) is 30.7 Å². The minimum atomic E-state index is -2.82. The highest BCUT2D eigenvalue weighted by molar-refractivity contribution is 7.90. The van der Waals surface area contributed by atoms with E-state index in [1.165, 1.54) is 17.5 Å². The van der Waals surface area contributed by atoms with Gasteiger partial charge in [-0.05, 0) is 36.8 Å². The molecular formula is C13H19NO2S. The van der Waals surface area contributed by atoms with Crippen molar-refractivity contribution in [2.24, 2.45) is 0 Å². The first-order valence-corrected chi connectivity index (χ1v) is 8.13. The van der Waals surface area contributed by atoms with Gasteiger partial charge in [0, 0.05) is 24.2 Å². The Morgan fingerprint density at radius 3 is 2.88 bits per heavy atom. The highest BCUT2D eigenvalue weighted by Crippen LogP contribution is 2.34. The van der Waals surface area contributed by atoms with Gasteiger partial charge in [-0.2, -0.15) is 0 Å². The summed E-state index contributed by atoms with van der Waals surface area (Å²) in [6.45, 7) is 0.987. The van der Waals surface area contributed by atoms with Crippen LogP contribution >= 0.6 is 0 Å². The molecule has 1 aromatic carbocycles. The Balaban J connectivity index is 1.99. The molecule has 0 aromatic heterocycles. The van der Waals surface area contributed by atoms with Gasteiger partial charge >= 0.3 is 0 Å². The van der Waals surface area contributed by atoms with Gasteiger partial charge in [0.1, 0.15) is 9.84 Å². The van der Waals surface area contributed by atoms with Crippen LogP contribution in [0.2, 0.25) is 0 Å². The Hall–Kier alpha value is -1.03. The number of hydrogen-bond acceptors (Lipinski definition) is 3. The topological polar surface area (TPSA) is 46.2 Å². The predicted molar refractivity (Wildman–Crippen MR) is 71.2 cm³/mol. The van der Waals surface area contributed by atoms with Crippen LogP contribution in [0.5, 0.6) is 0 Å². The third kappa shape index (κ3) is 3.46. The average Bonchev–Trinajstić information content (AvgIpc) is 2.28. The van der Waals surface area contributed by atoms with Crippen LogP contribution in [0.4, 0.5) is 5.69 Å². The van der Waals surface area contributed by atoms with E-state index in [2.05, 4.69) is 23.5 Å². The SMILES string of the molecule is CS(=O)(=O)CCCC1CCNc2ccccc21. The van der Waals surface area contributed by atoms with Gasteiger partial charge in [0.25, 0.3) is 0 Å². The van der Waals surface area contributed by atoms with E-state index in [1.54, 1.807) is 0 Å². The zero-order valence-corrected chi connectivity index (χ0v) is 11.0. The Kier molecular flexibility index (Phi) is 3.72. The lowest BCUT2D eigenvalue weighted by atomic mass is 9.88. The summed E-state index contributed by atoms with van der Waals surface area (Å²) in [5.41, 5.74) is 2.55. The molecule has 0 aliphatic carbocycles. The summed E-state index contributed by atoms with van der Waals surface area (Å²) in [6.07, 6.45) is 4.13. The van der Waals surface area contributed by atoms with E-state index in [1.807, 2.05) is 6.07 Å². The summed E-state index contributed by atoms with van der Waals surface area (Å²) in [6, 6.07) is 8.32. The molecule has 0 spiro atoms. The molecule has 94 valence electrons. The van der Waals surface area contributed by atoms with Gasteiger partial charge in [0.05, 0.1) is 0 Å². The maximum Gasteiger partial charge on any atom is 0.147 e. The summed E-state index contributed by atoms with van der Waals surface area (Å²) in [4.78, 5) is 0. The van der Waals surface area contributed by atoms with Crippen molar-refractivity contribution >= 4 is 15.5 Å². The first-order valence-electron chi connectivity index (χ1n) is 6.07. The van der Waals surface area contributed by atoms with Gasteiger partial charge in [-0.1, -0.05) is 18.2 Å². The van der Waals surface area contributed by atoms with Crippen LogP contribution < -0.4 is 5.32 Å². The molecule has 1 aliphatic heterocycles. The van der Waals surface area contributed by atoms with E-state index in [-0.39, 0.29) is 0 Å². The maximum atomic E-state index is 11.1. The van der Waals surface area contributed by atoms with Crippen LogP contribution in [-0.2, 0) is 9.84 Å². The normalized spacial score (nSPS) is 19.5. The molecule has 1 unspecified atom stereocenters. The van der Waals surface area contributed by atoms with Crippen molar-refractivity contribution in [2.45, 2.75) is 25.2 Å². The van der Waals surface area contributed by atoms with Crippen molar-refractivity contribution in [3.05, 3.63) is 29.8 Å². The van der Waals surface area contributed by atoms with Gasteiger partial charge < -0.3 is 5.32 Å². The molecular weight excluding hydrogens is 234 g/mol. The van der Waals surface area contributed by atoms with Crippen molar-refractivity contribution in [3.63, 3.8) is 0 Å². The van der Waals surface area contributed by atoms with E-state index in [4.69, 9.17) is 0 Å². The van der Waals surface area contributed by atoms with Gasteiger partial charge in [0.15, 0.2) is 0 Å². The number of hydrogen-bond donors (Lipinski definition) is 1. The largest absolute Gasteiger partial charge is 0.385 e. The lowest BCUT2D eigenvalue weighted by Crippen LogP contribution is -2.17. The van der Waals surface area contributed by atoms with Crippen molar-refractivity contribution in [3.8, 4) is 0 Å². The molecule has 17 heavy (non-hydrogen) atoms. The quantitative estimate of drug-likeness (QED) is 0.896. The standard InChI is InChI=1S/C13H19NO2S/c1-17(15,16)10-4-5-11-8-9-14-13-7-3-2-6-12(11)13/h2-3,6-7,11,14H,4-5,8-10H2,1H3. The van der Waals surface area contributed by atoms with Crippen molar-refractivity contribution in [2.75, 3.05) is 23.9 Å². The van der Waals surface area contributed by atoms with Gasteiger partial charge in [0.2, 0.25) is 0 Å². The first-order chi connectivity index (χ1) is 8.06. The minimum Gasteiger partial charge on any atom is -0.385 e. The summed E-state index contributed by atoms with van der Waals surface area (Å²) in [5, 5.41) is 3.38. The van der Waals surface area contributed by atoms with E-state index in [9.17, 15) is 8.42 Å². The third-order valence-corrected chi connectivity index (χ3v) is 4.31. The highest BCUT2D eigenvalue weighted by Gasteiger charge is 2.19. The second-order valence-electron chi connectivity index (χ2n) is 4.77. The van der Waals surface area contributed by atoms with Crippen LogP contribution in [0.15, 0.2) is 24.3 Å². The number of anilines is 1. The maximum absolute atomic E-state index is 11.1. The molecule has 1 aromatic rings. The predicted octanol–water partition coefficient (Wildman–Crippen LogP) is 2.41. The van der Waals surface area contributed by atoms with Crippen LogP contribution in [-0.4, -0.2) is 27.0 Å². The minimum absolute atomic E-state index is 0.305. The first kappa shape index (κ1) is 12.4. The molecule has 1 atom stereocenters. The highest BCUT2D eigenvalue weighted by atomic mass is 32.2. The van der Waals surface area contributed by atoms with Crippen molar-refractivity contribution in [1.29, 1.82) is 0 Å². The molecule has 4 heteroatoms. The van der Waals surface area contributed by atoms with Gasteiger partial charge in [-0.15, -0.1) is 0 Å². The van der Waals surface area contributed by atoms with E-state index in [0.29, 0.717) is 11.7 Å². The second-order valence-corrected chi connectivity index (χ2v) is 7.03. The molecule has 0 fully saturated rings. The van der Waals surface area contributed by atoms with Gasteiger partial charge in [-0.25, -0.2) is 8.42 Å². The third-order valence-electron chi connectivity index (χ3n) is 3.28. The van der Waals surface area contributed by atoms with Crippen molar-refractivity contribution < 1.29 is 8.42 Å². The summed E-state index contributed by atoms with van der Waals surface area (Å²) < 4.78 is 22.2. The summed E-state index contributed by atoms with van der Waals surface area (Å²) >= 11 is 0. The Morgan fingerprint density at radius 2 is 2.12 bits per heavy atom. The zero-order valence-electron chi connectivity index (χ0n) is 10.1. The number of fused-ring (bicyclic) bond motifs is 1. The smallest absolute Gasteiger partial charge is 0.147 e. The van der Waals surface area contributed by atoms with Crippen LogP contribution in [0.3, 0.4) is 0 Å². The Morgan fingerprint density at radius 1 is 1.35 bits per heavy atom. The monoisotopic (exact) mass is 253 g/mol. The fourth-order valence-corrected chi connectivity index (χ4v) is 3.13. The molecule has 1 aliphatic rings.